The average molecular weight is 224 g/mol. The fourth-order valence-electron chi connectivity index (χ4n) is 1.15. The predicted molar refractivity (Wildman–Crippen MR) is 54.6 cm³/mol. The lowest BCUT2D eigenvalue weighted by molar-refractivity contribution is -0.135. The van der Waals surface area contributed by atoms with Crippen molar-refractivity contribution in [2.45, 2.75) is 6.42 Å². The third-order valence-electron chi connectivity index (χ3n) is 1.84. The molecule has 16 heavy (non-hydrogen) atoms. The highest BCUT2D eigenvalue weighted by Gasteiger charge is 2.08. The van der Waals surface area contributed by atoms with Crippen LogP contribution in [-0.4, -0.2) is 22.2 Å². The standard InChI is InChI=1S/C11H9FO4/c12-8-5-4-7(2-1-3-10(13)14)9(6-8)11(15)16/h1-2,4-6H,3H2,(H,13,14)(H,15,16). The van der Waals surface area contributed by atoms with Gasteiger partial charge < -0.3 is 10.2 Å². The van der Waals surface area contributed by atoms with Crippen LogP contribution >= 0.6 is 0 Å². The SMILES string of the molecule is O=C(O)CC=Cc1ccc(F)cc1C(=O)O. The Hall–Kier alpha value is -2.17. The van der Waals surface area contributed by atoms with Crippen LogP contribution < -0.4 is 0 Å². The highest BCUT2D eigenvalue weighted by Crippen LogP contribution is 2.13. The van der Waals surface area contributed by atoms with Crippen LogP contribution in [0.2, 0.25) is 0 Å². The van der Waals surface area contributed by atoms with Crippen LogP contribution in [0.5, 0.6) is 0 Å². The first-order chi connectivity index (χ1) is 7.50. The molecule has 0 aliphatic heterocycles. The number of carboxylic acids is 2. The van der Waals surface area contributed by atoms with Gasteiger partial charge in [-0.15, -0.1) is 0 Å². The Bertz CT molecular complexity index is 451. The van der Waals surface area contributed by atoms with Crippen LogP contribution in [0.4, 0.5) is 4.39 Å². The molecule has 0 atom stereocenters. The summed E-state index contributed by atoms with van der Waals surface area (Å²) in [6.07, 6.45) is 2.44. The van der Waals surface area contributed by atoms with Crippen molar-refractivity contribution in [3.8, 4) is 0 Å². The molecule has 1 rings (SSSR count). The van der Waals surface area contributed by atoms with E-state index >= 15 is 0 Å². The number of hydrogen-bond donors (Lipinski definition) is 2. The summed E-state index contributed by atoms with van der Waals surface area (Å²) < 4.78 is 12.8. The van der Waals surface area contributed by atoms with E-state index in [9.17, 15) is 14.0 Å². The van der Waals surface area contributed by atoms with Gasteiger partial charge in [-0.2, -0.15) is 0 Å². The first-order valence-corrected chi connectivity index (χ1v) is 4.42. The summed E-state index contributed by atoms with van der Waals surface area (Å²) in [6, 6.07) is 3.30. The molecule has 0 aliphatic rings. The number of aromatic carboxylic acids is 1. The molecule has 0 unspecified atom stereocenters. The Morgan fingerprint density at radius 3 is 2.56 bits per heavy atom. The van der Waals surface area contributed by atoms with E-state index < -0.39 is 17.8 Å². The molecule has 0 radical (unpaired) electrons. The molecule has 84 valence electrons. The molecule has 0 saturated heterocycles. The molecule has 0 heterocycles. The second-order valence-corrected chi connectivity index (χ2v) is 3.04. The van der Waals surface area contributed by atoms with Crippen molar-refractivity contribution in [1.82, 2.24) is 0 Å². The zero-order valence-electron chi connectivity index (χ0n) is 8.18. The predicted octanol–water partition coefficient (Wildman–Crippen LogP) is 2.01. The van der Waals surface area contributed by atoms with Crippen LogP contribution in [0.1, 0.15) is 22.3 Å². The van der Waals surface area contributed by atoms with Gasteiger partial charge in [0.2, 0.25) is 0 Å². The summed E-state index contributed by atoms with van der Waals surface area (Å²) in [5.41, 5.74) is 0.0804. The van der Waals surface area contributed by atoms with Gasteiger partial charge >= 0.3 is 11.9 Å². The van der Waals surface area contributed by atoms with Crippen LogP contribution in [0.15, 0.2) is 24.3 Å². The Kier molecular flexibility index (Phi) is 3.77. The largest absolute Gasteiger partial charge is 0.481 e. The molecule has 1 aromatic rings. The Morgan fingerprint density at radius 2 is 2.00 bits per heavy atom. The normalized spacial score (nSPS) is 10.6. The number of aliphatic carboxylic acids is 1. The van der Waals surface area contributed by atoms with E-state index in [1.165, 1.54) is 18.2 Å². The van der Waals surface area contributed by atoms with Crippen molar-refractivity contribution in [3.63, 3.8) is 0 Å². The first kappa shape index (κ1) is 11.9. The molecule has 2 N–H and O–H groups in total. The molecule has 0 fully saturated rings. The molecule has 1 aromatic carbocycles. The van der Waals surface area contributed by atoms with Gasteiger partial charge in [0, 0.05) is 0 Å². The summed E-state index contributed by atoms with van der Waals surface area (Å²) in [5.74, 6) is -2.92. The maximum atomic E-state index is 12.8. The zero-order valence-corrected chi connectivity index (χ0v) is 8.18. The third-order valence-corrected chi connectivity index (χ3v) is 1.84. The van der Waals surface area contributed by atoms with E-state index in [2.05, 4.69) is 0 Å². The van der Waals surface area contributed by atoms with Crippen molar-refractivity contribution >= 4 is 18.0 Å². The topological polar surface area (TPSA) is 74.6 Å². The summed E-state index contributed by atoms with van der Waals surface area (Å²) in [7, 11) is 0. The molecule has 0 amide bonds. The molecular formula is C11H9FO4. The van der Waals surface area contributed by atoms with Gasteiger partial charge in [0.25, 0.3) is 0 Å². The molecule has 5 heteroatoms. The molecule has 0 aliphatic carbocycles. The van der Waals surface area contributed by atoms with Gasteiger partial charge in [0.15, 0.2) is 0 Å². The van der Waals surface area contributed by atoms with E-state index in [0.717, 1.165) is 12.1 Å². The lowest BCUT2D eigenvalue weighted by Crippen LogP contribution is -2.00. The second-order valence-electron chi connectivity index (χ2n) is 3.04. The van der Waals surface area contributed by atoms with Crippen molar-refractivity contribution in [1.29, 1.82) is 0 Å². The lowest BCUT2D eigenvalue weighted by Gasteiger charge is -2.00. The number of carboxylic acid groups (broad SMARTS) is 2. The first-order valence-electron chi connectivity index (χ1n) is 4.42. The van der Waals surface area contributed by atoms with Crippen molar-refractivity contribution < 1.29 is 24.2 Å². The fraction of sp³-hybridized carbons (Fsp3) is 0.0909. The fourth-order valence-corrected chi connectivity index (χ4v) is 1.15. The van der Waals surface area contributed by atoms with Gasteiger partial charge in [0.05, 0.1) is 12.0 Å². The maximum Gasteiger partial charge on any atom is 0.336 e. The molecular weight excluding hydrogens is 215 g/mol. The lowest BCUT2D eigenvalue weighted by atomic mass is 10.1. The van der Waals surface area contributed by atoms with E-state index in [1.807, 2.05) is 0 Å². The van der Waals surface area contributed by atoms with Crippen LogP contribution in [0.3, 0.4) is 0 Å². The Balaban J connectivity index is 2.99. The van der Waals surface area contributed by atoms with E-state index in [4.69, 9.17) is 10.2 Å². The Labute approximate surface area is 90.6 Å². The molecule has 0 aromatic heterocycles. The minimum atomic E-state index is -1.26. The number of hydrogen-bond acceptors (Lipinski definition) is 2. The van der Waals surface area contributed by atoms with Gasteiger partial charge in [-0.25, -0.2) is 9.18 Å². The summed E-state index contributed by atoms with van der Waals surface area (Å²) >= 11 is 0. The number of rotatable bonds is 4. The Morgan fingerprint density at radius 1 is 1.31 bits per heavy atom. The van der Waals surface area contributed by atoms with Crippen molar-refractivity contribution in [2.24, 2.45) is 0 Å². The van der Waals surface area contributed by atoms with E-state index in [-0.39, 0.29) is 17.5 Å². The zero-order chi connectivity index (χ0) is 12.1. The van der Waals surface area contributed by atoms with Crippen LogP contribution in [-0.2, 0) is 4.79 Å². The van der Waals surface area contributed by atoms with E-state index in [1.54, 1.807) is 0 Å². The quantitative estimate of drug-likeness (QED) is 0.820. The summed E-state index contributed by atoms with van der Waals surface area (Å²) in [5, 5.41) is 17.2. The van der Waals surface area contributed by atoms with Gasteiger partial charge in [-0.3, -0.25) is 4.79 Å². The van der Waals surface area contributed by atoms with Gasteiger partial charge in [-0.05, 0) is 17.7 Å². The van der Waals surface area contributed by atoms with Gasteiger partial charge in [-0.1, -0.05) is 18.2 Å². The second kappa shape index (κ2) is 5.06. The van der Waals surface area contributed by atoms with Crippen molar-refractivity contribution in [2.75, 3.05) is 0 Å². The van der Waals surface area contributed by atoms with Crippen molar-refractivity contribution in [3.05, 3.63) is 41.2 Å². The summed E-state index contributed by atoms with van der Waals surface area (Å²) in [6.45, 7) is 0. The maximum absolute atomic E-state index is 12.8. The number of carbonyl (C=O) groups is 2. The molecule has 0 spiro atoms. The third kappa shape index (κ3) is 3.20. The molecule has 0 bridgehead atoms. The molecule has 4 nitrogen and oxygen atoms in total. The number of benzene rings is 1. The van der Waals surface area contributed by atoms with Crippen LogP contribution in [0, 0.1) is 5.82 Å². The monoisotopic (exact) mass is 224 g/mol. The average Bonchev–Trinajstić information content (AvgIpc) is 2.19. The summed E-state index contributed by atoms with van der Waals surface area (Å²) in [4.78, 5) is 21.0. The smallest absolute Gasteiger partial charge is 0.336 e. The highest BCUT2D eigenvalue weighted by atomic mass is 19.1. The van der Waals surface area contributed by atoms with Gasteiger partial charge in [0.1, 0.15) is 5.82 Å². The minimum Gasteiger partial charge on any atom is -0.481 e. The molecule has 0 saturated carbocycles. The minimum absolute atomic E-state index is 0.193. The number of halogens is 1. The van der Waals surface area contributed by atoms with E-state index in [0.29, 0.717) is 0 Å². The highest BCUT2D eigenvalue weighted by molar-refractivity contribution is 5.92. The van der Waals surface area contributed by atoms with Crippen LogP contribution in [0.25, 0.3) is 6.08 Å².